The van der Waals surface area contributed by atoms with Gasteiger partial charge in [0, 0.05) is 17.8 Å². The summed E-state index contributed by atoms with van der Waals surface area (Å²) < 4.78 is 1.96. The molecule has 0 bridgehead atoms. The number of nitrogens with zero attached hydrogens (tertiary/aromatic N) is 3. The first-order chi connectivity index (χ1) is 8.98. The topological polar surface area (TPSA) is 56.7 Å². The quantitative estimate of drug-likeness (QED) is 0.853. The van der Waals surface area contributed by atoms with Crippen molar-refractivity contribution in [1.29, 1.82) is 0 Å². The van der Waals surface area contributed by atoms with E-state index in [2.05, 4.69) is 23.9 Å². The zero-order valence-electron chi connectivity index (χ0n) is 11.7. The Hall–Kier alpha value is -1.68. The highest BCUT2D eigenvalue weighted by Crippen LogP contribution is 2.41. The highest BCUT2D eigenvalue weighted by Gasteiger charge is 2.35. The summed E-state index contributed by atoms with van der Waals surface area (Å²) in [5, 5.41) is 4.65. The first-order valence-electron chi connectivity index (χ1n) is 6.73. The third-order valence-electron chi connectivity index (χ3n) is 3.86. The van der Waals surface area contributed by atoms with E-state index < -0.39 is 0 Å². The largest absolute Gasteiger partial charge is 0.324 e. The molecule has 3 rings (SSSR count). The second-order valence-corrected chi connectivity index (χ2v) is 6.20. The summed E-state index contributed by atoms with van der Waals surface area (Å²) in [6.45, 7) is 6.57. The minimum absolute atomic E-state index is 0.0798. The second kappa shape index (κ2) is 4.17. The third-order valence-corrected chi connectivity index (χ3v) is 3.86. The fraction of sp³-hybridized carbons (Fsp3) is 0.467. The van der Waals surface area contributed by atoms with Gasteiger partial charge in [-0.2, -0.15) is 5.10 Å². The molecule has 4 heteroatoms. The molecule has 0 fully saturated rings. The highest BCUT2D eigenvalue weighted by atomic mass is 15.3. The van der Waals surface area contributed by atoms with Crippen LogP contribution in [0.3, 0.4) is 0 Å². The van der Waals surface area contributed by atoms with E-state index >= 15 is 0 Å². The summed E-state index contributed by atoms with van der Waals surface area (Å²) in [6.07, 6.45) is 3.80. The molecule has 4 nitrogen and oxygen atoms in total. The van der Waals surface area contributed by atoms with Gasteiger partial charge in [-0.15, -0.1) is 0 Å². The van der Waals surface area contributed by atoms with Gasteiger partial charge in [-0.05, 0) is 37.3 Å². The lowest BCUT2D eigenvalue weighted by atomic mass is 9.74. The van der Waals surface area contributed by atoms with Crippen molar-refractivity contribution in [2.45, 2.75) is 39.7 Å². The molecule has 0 radical (unpaired) electrons. The lowest BCUT2D eigenvalue weighted by molar-refractivity contribution is 0.277. The van der Waals surface area contributed by atoms with E-state index in [0.29, 0.717) is 0 Å². The number of hydrogen-bond acceptors (Lipinski definition) is 3. The van der Waals surface area contributed by atoms with Crippen LogP contribution in [0.15, 0.2) is 24.4 Å². The normalized spacial score (nSPS) is 21.2. The third kappa shape index (κ3) is 2.06. The Kier molecular flexibility index (Phi) is 2.71. The number of aromatic nitrogens is 3. The fourth-order valence-electron chi connectivity index (χ4n) is 3.13. The highest BCUT2D eigenvalue weighted by molar-refractivity contribution is 5.37. The van der Waals surface area contributed by atoms with Gasteiger partial charge < -0.3 is 5.73 Å². The average molecular weight is 256 g/mol. The van der Waals surface area contributed by atoms with Gasteiger partial charge >= 0.3 is 0 Å². The Bertz CT molecular complexity index is 598. The first kappa shape index (κ1) is 12.4. The minimum Gasteiger partial charge on any atom is -0.324 e. The molecular weight excluding hydrogens is 236 g/mol. The summed E-state index contributed by atoms with van der Waals surface area (Å²) in [4.78, 5) is 4.40. The Labute approximate surface area is 113 Å². The SMILES string of the molecule is Cc1nn(-c2ccccn2)c2c1C(N)CC(C)(C)C2. The number of aryl methyl sites for hydroxylation is 1. The fourth-order valence-corrected chi connectivity index (χ4v) is 3.13. The maximum Gasteiger partial charge on any atom is 0.153 e. The number of pyridine rings is 1. The van der Waals surface area contributed by atoms with Crippen molar-refractivity contribution in [2.75, 3.05) is 0 Å². The van der Waals surface area contributed by atoms with Gasteiger partial charge in [0.15, 0.2) is 5.82 Å². The van der Waals surface area contributed by atoms with Gasteiger partial charge in [0.25, 0.3) is 0 Å². The molecule has 0 spiro atoms. The summed E-state index contributed by atoms with van der Waals surface area (Å²) in [6, 6.07) is 5.97. The van der Waals surface area contributed by atoms with Crippen LogP contribution < -0.4 is 5.73 Å². The van der Waals surface area contributed by atoms with Crippen LogP contribution in [0.4, 0.5) is 0 Å². The van der Waals surface area contributed by atoms with Crippen molar-refractivity contribution in [3.63, 3.8) is 0 Å². The van der Waals surface area contributed by atoms with Crippen LogP contribution in [0.5, 0.6) is 0 Å². The molecule has 2 aromatic rings. The summed E-state index contributed by atoms with van der Waals surface area (Å²) in [5.41, 5.74) is 10.0. The van der Waals surface area contributed by atoms with E-state index in [4.69, 9.17) is 5.73 Å². The maximum absolute atomic E-state index is 6.34. The monoisotopic (exact) mass is 256 g/mol. The summed E-state index contributed by atoms with van der Waals surface area (Å²) in [7, 11) is 0. The summed E-state index contributed by atoms with van der Waals surface area (Å²) >= 11 is 0. The molecule has 1 aliphatic carbocycles. The van der Waals surface area contributed by atoms with E-state index in [1.165, 1.54) is 11.3 Å². The van der Waals surface area contributed by atoms with Crippen LogP contribution in [-0.2, 0) is 6.42 Å². The number of rotatable bonds is 1. The van der Waals surface area contributed by atoms with Crippen LogP contribution in [0.1, 0.15) is 43.3 Å². The molecule has 2 heterocycles. The molecule has 2 aromatic heterocycles. The molecule has 19 heavy (non-hydrogen) atoms. The van der Waals surface area contributed by atoms with Gasteiger partial charge in [-0.3, -0.25) is 0 Å². The lowest BCUT2D eigenvalue weighted by Crippen LogP contribution is -2.30. The van der Waals surface area contributed by atoms with Gasteiger partial charge in [-0.1, -0.05) is 19.9 Å². The van der Waals surface area contributed by atoms with Crippen molar-refractivity contribution in [2.24, 2.45) is 11.1 Å². The minimum atomic E-state index is 0.0798. The van der Waals surface area contributed by atoms with E-state index in [0.717, 1.165) is 24.4 Å². The van der Waals surface area contributed by atoms with Crippen LogP contribution in [-0.4, -0.2) is 14.8 Å². The molecular formula is C15H20N4. The molecule has 0 aliphatic heterocycles. The molecule has 0 saturated carbocycles. The molecule has 1 unspecified atom stereocenters. The standard InChI is InChI=1S/C15H20N4/c1-10-14-11(16)8-15(2,3)9-12(14)19(18-10)13-6-4-5-7-17-13/h4-7,11H,8-9,16H2,1-3H3. The molecule has 0 aromatic carbocycles. The van der Waals surface area contributed by atoms with Crippen LogP contribution >= 0.6 is 0 Å². The number of nitrogens with two attached hydrogens (primary N) is 1. The van der Waals surface area contributed by atoms with Gasteiger partial charge in [0.1, 0.15) is 0 Å². The number of hydrogen-bond donors (Lipinski definition) is 1. The van der Waals surface area contributed by atoms with Crippen LogP contribution in [0, 0.1) is 12.3 Å². The second-order valence-electron chi connectivity index (χ2n) is 6.20. The predicted octanol–water partition coefficient (Wildman–Crippen LogP) is 2.55. The van der Waals surface area contributed by atoms with Crippen molar-refractivity contribution >= 4 is 0 Å². The Morgan fingerprint density at radius 3 is 2.84 bits per heavy atom. The van der Waals surface area contributed by atoms with Gasteiger partial charge in [0.05, 0.1) is 11.4 Å². The smallest absolute Gasteiger partial charge is 0.153 e. The van der Waals surface area contributed by atoms with E-state index in [1.807, 2.05) is 29.8 Å². The van der Waals surface area contributed by atoms with Crippen molar-refractivity contribution in [3.8, 4) is 5.82 Å². The van der Waals surface area contributed by atoms with Gasteiger partial charge in [-0.25, -0.2) is 9.67 Å². The van der Waals surface area contributed by atoms with Crippen molar-refractivity contribution in [3.05, 3.63) is 41.3 Å². The van der Waals surface area contributed by atoms with E-state index in [9.17, 15) is 0 Å². The van der Waals surface area contributed by atoms with Crippen molar-refractivity contribution in [1.82, 2.24) is 14.8 Å². The van der Waals surface area contributed by atoms with E-state index in [1.54, 1.807) is 6.20 Å². The number of fused-ring (bicyclic) bond motifs is 1. The van der Waals surface area contributed by atoms with E-state index in [-0.39, 0.29) is 11.5 Å². The Balaban J connectivity index is 2.17. The van der Waals surface area contributed by atoms with Gasteiger partial charge in [0.2, 0.25) is 0 Å². The Morgan fingerprint density at radius 1 is 1.37 bits per heavy atom. The van der Waals surface area contributed by atoms with Crippen LogP contribution in [0.2, 0.25) is 0 Å². The zero-order chi connectivity index (χ0) is 13.6. The lowest BCUT2D eigenvalue weighted by Gasteiger charge is -2.34. The zero-order valence-corrected chi connectivity index (χ0v) is 11.7. The molecule has 0 saturated heterocycles. The molecule has 2 N–H and O–H groups in total. The van der Waals surface area contributed by atoms with Crippen molar-refractivity contribution < 1.29 is 0 Å². The predicted molar refractivity (Wildman–Crippen MR) is 75.1 cm³/mol. The first-order valence-corrected chi connectivity index (χ1v) is 6.73. The maximum atomic E-state index is 6.34. The molecule has 1 aliphatic rings. The summed E-state index contributed by atoms with van der Waals surface area (Å²) in [5.74, 6) is 0.872. The molecule has 0 amide bonds. The average Bonchev–Trinajstić information content (AvgIpc) is 2.66. The Morgan fingerprint density at radius 2 is 2.16 bits per heavy atom. The van der Waals surface area contributed by atoms with Crippen LogP contribution in [0.25, 0.3) is 5.82 Å². The molecule has 1 atom stereocenters. The molecule has 100 valence electrons.